The van der Waals surface area contributed by atoms with Crippen molar-refractivity contribution in [1.82, 2.24) is 24.5 Å². The molecule has 0 N–H and O–H groups in total. The van der Waals surface area contributed by atoms with Crippen molar-refractivity contribution < 1.29 is 13.7 Å². The predicted octanol–water partition coefficient (Wildman–Crippen LogP) is 3.06. The van der Waals surface area contributed by atoms with E-state index in [0.717, 1.165) is 43.0 Å². The number of aromatic nitrogens is 3. The van der Waals surface area contributed by atoms with E-state index in [1.54, 1.807) is 25.1 Å². The molecule has 2 aromatic heterocycles. The number of nitrogens with zero attached hydrogens (tertiary/aromatic N) is 5. The van der Waals surface area contributed by atoms with Crippen molar-refractivity contribution >= 4 is 5.91 Å². The lowest BCUT2D eigenvalue weighted by atomic mass is 9.83. The summed E-state index contributed by atoms with van der Waals surface area (Å²) < 4.78 is 21.0. The second-order valence-electron chi connectivity index (χ2n) is 8.20. The number of halogens is 1. The van der Waals surface area contributed by atoms with E-state index in [4.69, 9.17) is 9.51 Å². The molecule has 156 valence electrons. The number of aryl methyl sites for hydroxylation is 1. The third-order valence-corrected chi connectivity index (χ3v) is 6.51. The van der Waals surface area contributed by atoms with Gasteiger partial charge >= 0.3 is 0 Å². The van der Waals surface area contributed by atoms with Gasteiger partial charge in [0.05, 0.1) is 17.4 Å². The van der Waals surface area contributed by atoms with Crippen LogP contribution >= 0.6 is 0 Å². The highest BCUT2D eigenvalue weighted by Crippen LogP contribution is 2.41. The van der Waals surface area contributed by atoms with Gasteiger partial charge < -0.3 is 14.0 Å². The molecule has 0 atom stereocenters. The SMILES string of the molecule is Cc1cc(C(=O)N2CCC3(CC2)c2ncc(-c4cccc(F)c4)n2CCN3C)no1. The van der Waals surface area contributed by atoms with Gasteiger partial charge in [-0.15, -0.1) is 0 Å². The molecule has 1 amide bonds. The molecule has 2 aliphatic heterocycles. The van der Waals surface area contributed by atoms with Crippen LogP contribution in [0.5, 0.6) is 0 Å². The lowest BCUT2D eigenvalue weighted by molar-refractivity contribution is 0.00979. The summed E-state index contributed by atoms with van der Waals surface area (Å²) in [5, 5.41) is 3.87. The Balaban J connectivity index is 1.43. The fourth-order valence-corrected chi connectivity index (χ4v) is 4.80. The van der Waals surface area contributed by atoms with Crippen molar-refractivity contribution in [3.8, 4) is 11.3 Å². The number of carbonyl (C=O) groups excluding carboxylic acids is 1. The number of benzene rings is 1. The fraction of sp³-hybridized carbons (Fsp3) is 0.409. The summed E-state index contributed by atoms with van der Waals surface area (Å²) in [4.78, 5) is 21.7. The van der Waals surface area contributed by atoms with Gasteiger partial charge in [-0.3, -0.25) is 9.69 Å². The molecule has 1 aromatic carbocycles. The molecule has 1 saturated heterocycles. The molecule has 3 aromatic rings. The zero-order chi connectivity index (χ0) is 20.9. The summed E-state index contributed by atoms with van der Waals surface area (Å²) in [5.74, 6) is 1.29. The molecule has 5 rings (SSSR count). The van der Waals surface area contributed by atoms with Gasteiger partial charge in [-0.05, 0) is 38.9 Å². The summed E-state index contributed by atoms with van der Waals surface area (Å²) in [6.07, 6.45) is 3.41. The van der Waals surface area contributed by atoms with E-state index in [2.05, 4.69) is 21.7 Å². The van der Waals surface area contributed by atoms with E-state index in [-0.39, 0.29) is 17.3 Å². The molecule has 4 heterocycles. The maximum absolute atomic E-state index is 13.8. The molecule has 7 nitrogen and oxygen atoms in total. The van der Waals surface area contributed by atoms with Crippen molar-refractivity contribution in [2.45, 2.75) is 31.8 Å². The molecule has 0 aliphatic carbocycles. The van der Waals surface area contributed by atoms with Crippen LogP contribution in [0.1, 0.15) is 34.9 Å². The van der Waals surface area contributed by atoms with Gasteiger partial charge in [0, 0.05) is 37.8 Å². The minimum Gasteiger partial charge on any atom is -0.361 e. The first kappa shape index (κ1) is 19.0. The Morgan fingerprint density at radius 2 is 1.97 bits per heavy atom. The monoisotopic (exact) mass is 409 g/mol. The standard InChI is InChI=1S/C22H24FN5O2/c1-15-12-18(25-30-15)20(29)27-8-6-22(7-9-27)21-24-14-19(28(21)11-10-26(22)2)16-4-3-5-17(23)13-16/h3-5,12-14H,6-11H2,1-2H3. The molecule has 30 heavy (non-hydrogen) atoms. The molecule has 1 fully saturated rings. The summed E-state index contributed by atoms with van der Waals surface area (Å²) >= 11 is 0. The van der Waals surface area contributed by atoms with Crippen LogP contribution in [-0.4, -0.2) is 57.1 Å². The molecule has 0 radical (unpaired) electrons. The van der Waals surface area contributed by atoms with Crippen molar-refractivity contribution in [1.29, 1.82) is 0 Å². The number of carbonyl (C=O) groups is 1. The lowest BCUT2D eigenvalue weighted by Crippen LogP contribution is -2.57. The number of amides is 1. The minimum absolute atomic E-state index is 0.0936. The van der Waals surface area contributed by atoms with Crippen LogP contribution < -0.4 is 0 Å². The molecule has 8 heteroatoms. The zero-order valence-corrected chi connectivity index (χ0v) is 17.1. The van der Waals surface area contributed by atoms with Gasteiger partial charge in [-0.1, -0.05) is 17.3 Å². The highest BCUT2D eigenvalue weighted by atomic mass is 19.1. The van der Waals surface area contributed by atoms with Crippen LogP contribution in [0.15, 0.2) is 41.1 Å². The van der Waals surface area contributed by atoms with E-state index >= 15 is 0 Å². The predicted molar refractivity (Wildman–Crippen MR) is 108 cm³/mol. The number of likely N-dealkylation sites (N-methyl/N-ethyl adjacent to an activating group) is 1. The van der Waals surface area contributed by atoms with Crippen molar-refractivity contribution in [2.75, 3.05) is 26.7 Å². The highest BCUT2D eigenvalue weighted by molar-refractivity contribution is 5.92. The van der Waals surface area contributed by atoms with Gasteiger partial charge in [0.1, 0.15) is 17.4 Å². The maximum Gasteiger partial charge on any atom is 0.276 e. The van der Waals surface area contributed by atoms with Crippen LogP contribution in [-0.2, 0) is 12.1 Å². The molecule has 0 saturated carbocycles. The van der Waals surface area contributed by atoms with Gasteiger partial charge in [0.15, 0.2) is 5.69 Å². The smallest absolute Gasteiger partial charge is 0.276 e. The first-order valence-corrected chi connectivity index (χ1v) is 10.2. The molecule has 0 bridgehead atoms. The second kappa shape index (κ2) is 7.05. The van der Waals surface area contributed by atoms with Crippen LogP contribution in [0.4, 0.5) is 4.39 Å². The average Bonchev–Trinajstić information content (AvgIpc) is 3.38. The van der Waals surface area contributed by atoms with Crippen LogP contribution in [0.2, 0.25) is 0 Å². The van der Waals surface area contributed by atoms with Crippen LogP contribution in [0, 0.1) is 12.7 Å². The van der Waals surface area contributed by atoms with E-state index in [1.165, 1.54) is 6.07 Å². The summed E-state index contributed by atoms with van der Waals surface area (Å²) in [6.45, 7) is 4.71. The first-order valence-electron chi connectivity index (χ1n) is 10.2. The van der Waals surface area contributed by atoms with Gasteiger partial charge in [0.25, 0.3) is 5.91 Å². The molecule has 0 unspecified atom stereocenters. The average molecular weight is 409 g/mol. The number of imidazole rings is 1. The van der Waals surface area contributed by atoms with Gasteiger partial charge in [-0.25, -0.2) is 9.37 Å². The topological polar surface area (TPSA) is 67.4 Å². The minimum atomic E-state index is -0.249. The number of fused-ring (bicyclic) bond motifs is 2. The Bertz CT molecular complexity index is 1100. The maximum atomic E-state index is 13.8. The van der Waals surface area contributed by atoms with Crippen molar-refractivity contribution in [3.05, 3.63) is 59.6 Å². The second-order valence-corrected chi connectivity index (χ2v) is 8.20. The van der Waals surface area contributed by atoms with Crippen molar-refractivity contribution in [2.24, 2.45) is 0 Å². The number of likely N-dealkylation sites (tertiary alicyclic amines) is 1. The highest BCUT2D eigenvalue weighted by Gasteiger charge is 2.46. The Morgan fingerprint density at radius 3 is 2.67 bits per heavy atom. The summed E-state index contributed by atoms with van der Waals surface area (Å²) in [5.41, 5.74) is 1.90. The number of piperidine rings is 1. The lowest BCUT2D eigenvalue weighted by Gasteiger charge is -2.49. The number of hydrogen-bond donors (Lipinski definition) is 0. The Morgan fingerprint density at radius 1 is 1.17 bits per heavy atom. The van der Waals surface area contributed by atoms with Crippen molar-refractivity contribution in [3.63, 3.8) is 0 Å². The Hall–Kier alpha value is -3.00. The molecular weight excluding hydrogens is 385 g/mol. The van der Waals surface area contributed by atoms with Crippen LogP contribution in [0.25, 0.3) is 11.3 Å². The van der Waals surface area contributed by atoms with E-state index in [1.807, 2.05) is 17.2 Å². The number of rotatable bonds is 2. The summed E-state index contributed by atoms with van der Waals surface area (Å²) in [6, 6.07) is 8.33. The van der Waals surface area contributed by atoms with E-state index in [9.17, 15) is 9.18 Å². The summed E-state index contributed by atoms with van der Waals surface area (Å²) in [7, 11) is 2.12. The normalized spacial score (nSPS) is 18.6. The zero-order valence-electron chi connectivity index (χ0n) is 17.1. The molecule has 2 aliphatic rings. The third-order valence-electron chi connectivity index (χ3n) is 6.51. The van der Waals surface area contributed by atoms with Gasteiger partial charge in [-0.2, -0.15) is 0 Å². The number of hydrogen-bond acceptors (Lipinski definition) is 5. The van der Waals surface area contributed by atoms with Gasteiger partial charge in [0.2, 0.25) is 0 Å². The fourth-order valence-electron chi connectivity index (χ4n) is 4.80. The van der Waals surface area contributed by atoms with E-state index < -0.39 is 0 Å². The molecule has 1 spiro atoms. The Labute approximate surface area is 174 Å². The quantitative estimate of drug-likeness (QED) is 0.651. The van der Waals surface area contributed by atoms with E-state index in [0.29, 0.717) is 24.5 Å². The van der Waals surface area contributed by atoms with Crippen LogP contribution in [0.3, 0.4) is 0 Å². The third kappa shape index (κ3) is 2.94. The molecular formula is C22H24FN5O2. The first-order chi connectivity index (χ1) is 14.5. The largest absolute Gasteiger partial charge is 0.361 e. The Kier molecular flexibility index (Phi) is 4.47.